The Morgan fingerprint density at radius 2 is 1.97 bits per heavy atom. The summed E-state index contributed by atoms with van der Waals surface area (Å²) in [5, 5.41) is 5.48. The molecule has 0 saturated carbocycles. The van der Waals surface area contributed by atoms with Crippen molar-refractivity contribution in [3.63, 3.8) is 0 Å². The van der Waals surface area contributed by atoms with Gasteiger partial charge in [0.2, 0.25) is 0 Å². The molecule has 4 aromatic rings. The largest absolute Gasteiger partial charge is 0.398 e. The van der Waals surface area contributed by atoms with Crippen molar-refractivity contribution in [2.24, 2.45) is 0 Å². The minimum Gasteiger partial charge on any atom is -0.398 e. The first-order chi connectivity index (χ1) is 17.6. The summed E-state index contributed by atoms with van der Waals surface area (Å²) in [4.78, 5) is 12.1. The molecule has 36 heavy (non-hydrogen) atoms. The Morgan fingerprint density at radius 1 is 1.06 bits per heavy atom. The van der Waals surface area contributed by atoms with Crippen LogP contribution in [0.4, 0.5) is 15.9 Å². The smallest absolute Gasteiger partial charge is 0.150 e. The van der Waals surface area contributed by atoms with Crippen LogP contribution in [0.1, 0.15) is 32.4 Å². The Morgan fingerprint density at radius 3 is 2.78 bits per heavy atom. The van der Waals surface area contributed by atoms with E-state index in [4.69, 9.17) is 25.2 Å². The number of morpholine rings is 1. The molecular weight excluding hydrogens is 459 g/mol. The van der Waals surface area contributed by atoms with Crippen LogP contribution in [0.25, 0.3) is 33.4 Å². The fourth-order valence-electron chi connectivity index (χ4n) is 5.19. The predicted molar refractivity (Wildman–Crippen MR) is 137 cm³/mol. The zero-order chi connectivity index (χ0) is 24.6. The number of nitrogens with two attached hydrogens (primary N) is 1. The van der Waals surface area contributed by atoms with Crippen LogP contribution in [-0.4, -0.2) is 52.2 Å². The van der Waals surface area contributed by atoms with Crippen molar-refractivity contribution in [1.29, 1.82) is 0 Å². The predicted octanol–water partition coefficient (Wildman–Crippen LogP) is 4.81. The number of fused-ring (bicyclic) bond motifs is 1. The number of pyridine rings is 2. The van der Waals surface area contributed by atoms with Gasteiger partial charge in [0.05, 0.1) is 24.9 Å². The number of aromatic nitrogens is 4. The van der Waals surface area contributed by atoms with Crippen LogP contribution >= 0.6 is 0 Å². The number of rotatable bonds is 4. The van der Waals surface area contributed by atoms with Crippen LogP contribution in [0.2, 0.25) is 0 Å². The van der Waals surface area contributed by atoms with Crippen molar-refractivity contribution in [2.75, 3.05) is 37.0 Å². The highest BCUT2D eigenvalue weighted by Crippen LogP contribution is 2.39. The van der Waals surface area contributed by atoms with E-state index in [1.54, 1.807) is 18.5 Å². The number of halogens is 1. The molecule has 2 saturated heterocycles. The fraction of sp³-hybridized carbons (Fsp3) is 0.370. The quantitative estimate of drug-likeness (QED) is 0.412. The van der Waals surface area contributed by atoms with Crippen LogP contribution < -0.4 is 10.6 Å². The lowest BCUT2D eigenvalue weighted by molar-refractivity contribution is -0.0383. The first kappa shape index (κ1) is 22.9. The molecule has 0 spiro atoms. The molecule has 186 valence electrons. The number of anilines is 2. The van der Waals surface area contributed by atoms with Crippen molar-refractivity contribution in [3.8, 4) is 22.5 Å². The van der Waals surface area contributed by atoms with E-state index in [0.29, 0.717) is 18.9 Å². The van der Waals surface area contributed by atoms with Gasteiger partial charge in [0.25, 0.3) is 0 Å². The molecule has 5 heterocycles. The van der Waals surface area contributed by atoms with E-state index in [1.165, 1.54) is 12.1 Å². The van der Waals surface area contributed by atoms with Crippen molar-refractivity contribution < 1.29 is 13.9 Å². The highest BCUT2D eigenvalue weighted by molar-refractivity contribution is 6.03. The van der Waals surface area contributed by atoms with Gasteiger partial charge in [-0.15, -0.1) is 0 Å². The zero-order valence-electron chi connectivity index (χ0n) is 20.2. The second-order valence-corrected chi connectivity index (χ2v) is 9.41. The van der Waals surface area contributed by atoms with Gasteiger partial charge in [0.1, 0.15) is 22.8 Å². The Kier molecular flexibility index (Phi) is 6.02. The van der Waals surface area contributed by atoms with Crippen molar-refractivity contribution in [2.45, 2.75) is 38.5 Å². The standard InChI is InChI=1S/C27H29FN6O2/c1-17-16-35-13-11-33(17)24-15-21(19-6-5-18(28)14-22(19)29)20-7-9-30-27(26(20)32-24)23-8-10-31-34(23)25-4-2-3-12-36-25/h5-10,14-15,17,25H,2-4,11-13,16,29H2,1H3/t17-,25?/m1/s1. The van der Waals surface area contributed by atoms with Gasteiger partial charge in [-0.25, -0.2) is 14.1 Å². The summed E-state index contributed by atoms with van der Waals surface area (Å²) in [6.07, 6.45) is 6.48. The van der Waals surface area contributed by atoms with Gasteiger partial charge in [0, 0.05) is 42.2 Å². The maximum atomic E-state index is 13.9. The van der Waals surface area contributed by atoms with Gasteiger partial charge >= 0.3 is 0 Å². The van der Waals surface area contributed by atoms with Crippen molar-refractivity contribution >= 4 is 22.4 Å². The summed E-state index contributed by atoms with van der Waals surface area (Å²) in [5.74, 6) is 0.446. The SMILES string of the molecule is C[C@@H]1COCCN1c1cc(-c2ccc(F)cc2N)c2ccnc(-c3ccnn3C3CCCCO3)c2n1. The van der Waals surface area contributed by atoms with Gasteiger partial charge in [0.15, 0.2) is 6.23 Å². The fourth-order valence-corrected chi connectivity index (χ4v) is 5.19. The third-order valence-electron chi connectivity index (χ3n) is 7.02. The molecule has 2 fully saturated rings. The summed E-state index contributed by atoms with van der Waals surface area (Å²) in [7, 11) is 0. The average Bonchev–Trinajstić information content (AvgIpc) is 3.38. The zero-order valence-corrected chi connectivity index (χ0v) is 20.2. The van der Waals surface area contributed by atoms with Gasteiger partial charge in [-0.2, -0.15) is 5.10 Å². The molecule has 6 rings (SSSR count). The van der Waals surface area contributed by atoms with Gasteiger partial charge in [-0.05, 0) is 68.1 Å². The number of nitrogens with zero attached hydrogens (tertiary/aromatic N) is 5. The van der Waals surface area contributed by atoms with E-state index in [2.05, 4.69) is 16.9 Å². The molecule has 1 unspecified atom stereocenters. The third-order valence-corrected chi connectivity index (χ3v) is 7.02. The third kappa shape index (κ3) is 4.08. The van der Waals surface area contributed by atoms with Gasteiger partial charge in [-0.1, -0.05) is 0 Å². The van der Waals surface area contributed by atoms with Crippen LogP contribution in [0.5, 0.6) is 0 Å². The van der Waals surface area contributed by atoms with E-state index >= 15 is 0 Å². The van der Waals surface area contributed by atoms with Crippen molar-refractivity contribution in [1.82, 2.24) is 19.7 Å². The first-order valence-electron chi connectivity index (χ1n) is 12.4. The maximum Gasteiger partial charge on any atom is 0.150 e. The molecule has 2 atom stereocenters. The Labute approximate surface area is 208 Å². The van der Waals surface area contributed by atoms with Crippen LogP contribution in [0.15, 0.2) is 48.8 Å². The average molecular weight is 489 g/mol. The molecule has 2 N–H and O–H groups in total. The van der Waals surface area contributed by atoms with Crippen molar-refractivity contribution in [3.05, 3.63) is 54.6 Å². The molecule has 0 radical (unpaired) electrons. The monoisotopic (exact) mass is 488 g/mol. The number of benzene rings is 1. The Bertz CT molecular complexity index is 1400. The van der Waals surface area contributed by atoms with Gasteiger partial charge in [-0.3, -0.25) is 4.98 Å². The summed E-state index contributed by atoms with van der Waals surface area (Å²) >= 11 is 0. The molecular formula is C27H29FN6O2. The number of hydrogen-bond donors (Lipinski definition) is 1. The summed E-state index contributed by atoms with van der Waals surface area (Å²) in [6, 6.07) is 10.6. The van der Waals surface area contributed by atoms with Crippen LogP contribution in [0.3, 0.4) is 0 Å². The van der Waals surface area contributed by atoms with E-state index in [9.17, 15) is 4.39 Å². The van der Waals surface area contributed by atoms with Gasteiger partial charge < -0.3 is 20.1 Å². The lowest BCUT2D eigenvalue weighted by Gasteiger charge is -2.34. The maximum absolute atomic E-state index is 13.9. The Hall–Kier alpha value is -3.56. The normalized spacial score (nSPS) is 20.7. The summed E-state index contributed by atoms with van der Waals surface area (Å²) in [5.41, 5.74) is 10.7. The topological polar surface area (TPSA) is 91.3 Å². The number of hydrogen-bond acceptors (Lipinski definition) is 7. The highest BCUT2D eigenvalue weighted by atomic mass is 19.1. The molecule has 8 nitrogen and oxygen atoms in total. The molecule has 0 bridgehead atoms. The molecule has 0 aliphatic carbocycles. The van der Waals surface area contributed by atoms with E-state index in [-0.39, 0.29) is 18.1 Å². The number of ether oxygens (including phenoxy) is 2. The van der Waals surface area contributed by atoms with E-state index < -0.39 is 0 Å². The number of nitrogen functional groups attached to an aromatic ring is 1. The molecule has 2 aliphatic heterocycles. The molecule has 0 amide bonds. The lowest BCUT2D eigenvalue weighted by Crippen LogP contribution is -2.44. The Balaban J connectivity index is 1.58. The lowest BCUT2D eigenvalue weighted by atomic mass is 9.98. The summed E-state index contributed by atoms with van der Waals surface area (Å²) in [6.45, 7) is 4.82. The summed E-state index contributed by atoms with van der Waals surface area (Å²) < 4.78 is 27.5. The minimum atomic E-state index is -0.365. The molecule has 9 heteroatoms. The second kappa shape index (κ2) is 9.48. The highest BCUT2D eigenvalue weighted by Gasteiger charge is 2.25. The minimum absolute atomic E-state index is 0.129. The van der Waals surface area contributed by atoms with Crippen LogP contribution in [-0.2, 0) is 9.47 Å². The second-order valence-electron chi connectivity index (χ2n) is 9.41. The van der Waals surface area contributed by atoms with E-state index in [1.807, 2.05) is 22.9 Å². The van der Waals surface area contributed by atoms with E-state index in [0.717, 1.165) is 71.6 Å². The molecule has 2 aliphatic rings. The molecule has 1 aromatic carbocycles. The van der Waals surface area contributed by atoms with Crippen LogP contribution in [0, 0.1) is 5.82 Å². The first-order valence-corrected chi connectivity index (χ1v) is 12.4. The molecule has 3 aromatic heterocycles.